The average Bonchev–Trinajstić information content (AvgIpc) is 2.74. The number of carboxylic acid groups (broad SMARTS) is 1. The number of pyridine rings is 1. The molecule has 1 aromatic heterocycles. The van der Waals surface area contributed by atoms with E-state index in [1.165, 1.54) is 0 Å². The zero-order valence-electron chi connectivity index (χ0n) is 16.0. The van der Waals surface area contributed by atoms with Crippen molar-refractivity contribution in [2.75, 3.05) is 38.2 Å². The summed E-state index contributed by atoms with van der Waals surface area (Å²) < 4.78 is 5.12. The molecule has 1 N–H and O–H groups in total. The first-order chi connectivity index (χ1) is 13.6. The van der Waals surface area contributed by atoms with Crippen LogP contribution in [-0.4, -0.2) is 60.2 Å². The predicted octanol–water partition coefficient (Wildman–Crippen LogP) is 2.07. The summed E-state index contributed by atoms with van der Waals surface area (Å²) >= 11 is 0. The van der Waals surface area contributed by atoms with E-state index in [0.717, 1.165) is 30.1 Å². The fraction of sp³-hybridized carbons (Fsp3) is 0.381. The topological polar surface area (TPSA) is 83.0 Å². The molecule has 1 aromatic carbocycles. The quantitative estimate of drug-likeness (QED) is 0.788. The summed E-state index contributed by atoms with van der Waals surface area (Å²) in [5.74, 6) is -1.06. The van der Waals surface area contributed by atoms with Gasteiger partial charge in [-0.2, -0.15) is 0 Å². The Morgan fingerprint density at radius 3 is 2.29 bits per heavy atom. The second-order valence-corrected chi connectivity index (χ2v) is 6.86. The van der Waals surface area contributed by atoms with E-state index in [9.17, 15) is 14.7 Å². The van der Waals surface area contributed by atoms with Crippen LogP contribution in [0.1, 0.15) is 12.0 Å². The van der Waals surface area contributed by atoms with Gasteiger partial charge < -0.3 is 19.6 Å². The van der Waals surface area contributed by atoms with Crippen molar-refractivity contribution in [3.05, 3.63) is 54.4 Å². The average molecular weight is 383 g/mol. The molecule has 0 aliphatic carbocycles. The molecule has 1 aliphatic heterocycles. The SMILES string of the molecule is COc1ccc(CC(CC(=O)N2CCN(c3ccncc3)CC2)C(=O)O)cc1. The third kappa shape index (κ3) is 5.00. The lowest BCUT2D eigenvalue weighted by Gasteiger charge is -2.36. The Hall–Kier alpha value is -3.09. The van der Waals surface area contributed by atoms with Gasteiger partial charge in [0.2, 0.25) is 5.91 Å². The molecule has 1 aliphatic rings. The number of nitrogens with zero attached hydrogens (tertiary/aromatic N) is 3. The Bertz CT molecular complexity index is 787. The molecule has 2 heterocycles. The monoisotopic (exact) mass is 383 g/mol. The van der Waals surface area contributed by atoms with Crippen LogP contribution in [0.5, 0.6) is 5.75 Å². The summed E-state index contributed by atoms with van der Waals surface area (Å²) in [7, 11) is 1.59. The van der Waals surface area contributed by atoms with Gasteiger partial charge in [0.1, 0.15) is 5.75 Å². The third-order valence-corrected chi connectivity index (χ3v) is 5.07. The van der Waals surface area contributed by atoms with Gasteiger partial charge in [-0.1, -0.05) is 12.1 Å². The van der Waals surface area contributed by atoms with Gasteiger partial charge in [-0.15, -0.1) is 0 Å². The van der Waals surface area contributed by atoms with Crippen molar-refractivity contribution < 1.29 is 19.4 Å². The molecule has 1 unspecified atom stereocenters. The fourth-order valence-electron chi connectivity index (χ4n) is 3.40. The summed E-state index contributed by atoms with van der Waals surface area (Å²) in [6.07, 6.45) is 3.84. The van der Waals surface area contributed by atoms with Crippen molar-refractivity contribution >= 4 is 17.6 Å². The van der Waals surface area contributed by atoms with Crippen LogP contribution in [0.4, 0.5) is 5.69 Å². The smallest absolute Gasteiger partial charge is 0.307 e. The lowest BCUT2D eigenvalue weighted by molar-refractivity contribution is -0.146. The van der Waals surface area contributed by atoms with Crippen molar-refractivity contribution in [1.82, 2.24) is 9.88 Å². The van der Waals surface area contributed by atoms with Gasteiger partial charge in [-0.05, 0) is 36.2 Å². The molecule has 0 bridgehead atoms. The number of anilines is 1. The van der Waals surface area contributed by atoms with E-state index in [0.29, 0.717) is 19.5 Å². The maximum Gasteiger partial charge on any atom is 0.307 e. The molecule has 3 rings (SSSR count). The lowest BCUT2D eigenvalue weighted by atomic mass is 9.95. The van der Waals surface area contributed by atoms with Gasteiger partial charge in [0.05, 0.1) is 13.0 Å². The fourth-order valence-corrected chi connectivity index (χ4v) is 3.40. The number of benzene rings is 1. The molecule has 1 amide bonds. The summed E-state index contributed by atoms with van der Waals surface area (Å²) in [6, 6.07) is 11.2. The molecule has 1 atom stereocenters. The molecular formula is C21H25N3O4. The number of rotatable bonds is 7. The maximum absolute atomic E-state index is 12.7. The normalized spacial score (nSPS) is 15.2. The largest absolute Gasteiger partial charge is 0.497 e. The standard InChI is InChI=1S/C21H25N3O4/c1-28-19-4-2-16(3-5-19)14-17(21(26)27)15-20(25)24-12-10-23(11-13-24)18-6-8-22-9-7-18/h2-9,17H,10-15H2,1H3,(H,26,27). The first-order valence-electron chi connectivity index (χ1n) is 9.35. The van der Waals surface area contributed by atoms with Crippen LogP contribution in [0, 0.1) is 5.92 Å². The number of amides is 1. The van der Waals surface area contributed by atoms with Crippen molar-refractivity contribution in [2.24, 2.45) is 5.92 Å². The highest BCUT2D eigenvalue weighted by Crippen LogP contribution is 2.19. The summed E-state index contributed by atoms with van der Waals surface area (Å²) in [5.41, 5.74) is 1.97. The minimum Gasteiger partial charge on any atom is -0.497 e. The van der Waals surface area contributed by atoms with Gasteiger partial charge in [0.15, 0.2) is 0 Å². The molecule has 28 heavy (non-hydrogen) atoms. The highest BCUT2D eigenvalue weighted by Gasteiger charge is 2.27. The van der Waals surface area contributed by atoms with Crippen molar-refractivity contribution in [3.8, 4) is 5.75 Å². The number of methoxy groups -OCH3 is 1. The van der Waals surface area contributed by atoms with E-state index in [-0.39, 0.29) is 12.3 Å². The Labute approximate surface area is 164 Å². The molecule has 2 aromatic rings. The predicted molar refractivity (Wildman–Crippen MR) is 105 cm³/mol. The number of aromatic nitrogens is 1. The highest BCUT2D eigenvalue weighted by atomic mass is 16.5. The van der Waals surface area contributed by atoms with Crippen LogP contribution in [0.2, 0.25) is 0 Å². The van der Waals surface area contributed by atoms with Gasteiger partial charge >= 0.3 is 5.97 Å². The van der Waals surface area contributed by atoms with Crippen molar-refractivity contribution in [2.45, 2.75) is 12.8 Å². The van der Waals surface area contributed by atoms with Crippen LogP contribution < -0.4 is 9.64 Å². The number of ether oxygens (including phenoxy) is 1. The lowest BCUT2D eigenvalue weighted by Crippen LogP contribution is -2.49. The molecule has 7 nitrogen and oxygen atoms in total. The first kappa shape index (κ1) is 19.7. The van der Waals surface area contributed by atoms with Crippen LogP contribution >= 0.6 is 0 Å². The van der Waals surface area contributed by atoms with E-state index in [2.05, 4.69) is 9.88 Å². The molecule has 0 saturated carbocycles. The number of carbonyl (C=O) groups is 2. The summed E-state index contributed by atoms with van der Waals surface area (Å²) in [5, 5.41) is 9.56. The van der Waals surface area contributed by atoms with Crippen molar-refractivity contribution in [3.63, 3.8) is 0 Å². The van der Waals surface area contributed by atoms with Gasteiger partial charge in [-0.25, -0.2) is 0 Å². The maximum atomic E-state index is 12.7. The second kappa shape index (κ2) is 9.21. The van der Waals surface area contributed by atoms with Crippen molar-refractivity contribution in [1.29, 1.82) is 0 Å². The highest BCUT2D eigenvalue weighted by molar-refractivity contribution is 5.82. The van der Waals surface area contributed by atoms with Crippen LogP contribution in [0.15, 0.2) is 48.8 Å². The van der Waals surface area contributed by atoms with E-state index in [1.54, 1.807) is 36.5 Å². The van der Waals surface area contributed by atoms with E-state index >= 15 is 0 Å². The third-order valence-electron chi connectivity index (χ3n) is 5.07. The zero-order chi connectivity index (χ0) is 19.9. The number of aliphatic carboxylic acids is 1. The minimum absolute atomic E-state index is 0.0105. The molecule has 0 spiro atoms. The number of hydrogen-bond donors (Lipinski definition) is 1. The molecular weight excluding hydrogens is 358 g/mol. The molecule has 148 valence electrons. The van der Waals surface area contributed by atoms with Gasteiger partial charge in [-0.3, -0.25) is 14.6 Å². The van der Waals surface area contributed by atoms with Crippen LogP contribution in [0.25, 0.3) is 0 Å². The molecule has 1 saturated heterocycles. The van der Waals surface area contributed by atoms with Crippen LogP contribution in [-0.2, 0) is 16.0 Å². The van der Waals surface area contributed by atoms with Gasteiger partial charge in [0.25, 0.3) is 0 Å². The van der Waals surface area contributed by atoms with E-state index in [1.807, 2.05) is 24.3 Å². The van der Waals surface area contributed by atoms with Crippen LogP contribution in [0.3, 0.4) is 0 Å². The Kier molecular flexibility index (Phi) is 6.47. The Morgan fingerprint density at radius 1 is 1.07 bits per heavy atom. The number of piperazine rings is 1. The van der Waals surface area contributed by atoms with Gasteiger partial charge in [0, 0.05) is 50.7 Å². The molecule has 1 fully saturated rings. The first-order valence-corrected chi connectivity index (χ1v) is 9.35. The number of carboxylic acids is 1. The summed E-state index contributed by atoms with van der Waals surface area (Å²) in [6.45, 7) is 2.64. The minimum atomic E-state index is -0.945. The summed E-state index contributed by atoms with van der Waals surface area (Å²) in [4.78, 5) is 32.3. The Balaban J connectivity index is 1.55. The molecule has 0 radical (unpaired) electrons. The number of hydrogen-bond acceptors (Lipinski definition) is 5. The second-order valence-electron chi connectivity index (χ2n) is 6.86. The number of carbonyl (C=O) groups excluding carboxylic acids is 1. The van der Waals surface area contributed by atoms with E-state index in [4.69, 9.17) is 4.74 Å². The zero-order valence-corrected chi connectivity index (χ0v) is 16.0. The van der Waals surface area contributed by atoms with E-state index < -0.39 is 11.9 Å². The Morgan fingerprint density at radius 2 is 1.71 bits per heavy atom. The molecule has 7 heteroatoms.